The third-order valence-corrected chi connectivity index (χ3v) is 6.11. The first-order valence-corrected chi connectivity index (χ1v) is 9.47. The lowest BCUT2D eigenvalue weighted by Gasteiger charge is -2.18. The van der Waals surface area contributed by atoms with Crippen LogP contribution in [-0.4, -0.2) is 28.5 Å². The Bertz CT molecular complexity index is 1390. The normalized spacial score (nSPS) is 21.2. The Hall–Kier alpha value is -3.29. The average Bonchev–Trinajstić information content (AvgIpc) is 3.08. The quantitative estimate of drug-likeness (QED) is 0.412. The van der Waals surface area contributed by atoms with Crippen LogP contribution in [0.3, 0.4) is 0 Å². The molecule has 7 heteroatoms. The zero-order valence-electron chi connectivity index (χ0n) is 15.3. The van der Waals surface area contributed by atoms with E-state index in [2.05, 4.69) is 5.32 Å². The first kappa shape index (κ1) is 16.6. The molecule has 0 aliphatic heterocycles. The molecule has 142 valence electrons. The molecule has 29 heavy (non-hydrogen) atoms. The number of hydrogen-bond acceptors (Lipinski definition) is 5. The average molecular weight is 385 g/mol. The van der Waals surface area contributed by atoms with Crippen molar-refractivity contribution in [1.29, 1.82) is 0 Å². The molecule has 0 saturated heterocycles. The number of furan rings is 3. The summed E-state index contributed by atoms with van der Waals surface area (Å²) in [5, 5.41) is 25.8. The van der Waals surface area contributed by atoms with Crippen molar-refractivity contribution in [2.75, 3.05) is 0 Å². The van der Waals surface area contributed by atoms with E-state index < -0.39 is 12.6 Å². The van der Waals surface area contributed by atoms with Crippen LogP contribution in [0.2, 0.25) is 0 Å². The molecule has 2 atom stereocenters. The highest BCUT2D eigenvalue weighted by molar-refractivity contribution is 6.48. The van der Waals surface area contributed by atoms with Crippen molar-refractivity contribution in [1.82, 2.24) is 5.32 Å². The Morgan fingerprint density at radius 3 is 2.55 bits per heavy atom. The molecule has 3 aromatic heterocycles. The van der Waals surface area contributed by atoms with Crippen LogP contribution in [-0.2, 0) is 0 Å². The van der Waals surface area contributed by atoms with Crippen LogP contribution >= 0.6 is 0 Å². The monoisotopic (exact) mass is 385 g/mol. The Balaban J connectivity index is 1.35. The van der Waals surface area contributed by atoms with Gasteiger partial charge in [0.1, 0.15) is 16.7 Å². The zero-order valence-corrected chi connectivity index (χ0v) is 15.3. The number of fused-ring (bicyclic) bond motifs is 6. The highest BCUT2D eigenvalue weighted by atomic mass is 16.4. The summed E-state index contributed by atoms with van der Waals surface area (Å²) in [6.45, 7) is 0. The molecule has 1 fully saturated rings. The molecule has 0 radical (unpaired) electrons. The van der Waals surface area contributed by atoms with Crippen molar-refractivity contribution in [2.45, 2.75) is 17.8 Å². The standard InChI is InChI=1S/C22H16BNO5/c25-21(15-9-19-12-5-1-2-7-14(12)20(15)29-19)24-22(23(26)27)10-17(22)16-11-28-18-8-4-3-6-13(16)18/h1-9,11,17,26-27H,10H2,(H,24,25)/t17-,22?/m0/s1. The lowest BCUT2D eigenvalue weighted by atomic mass is 9.73. The maximum Gasteiger partial charge on any atom is 0.479 e. The van der Waals surface area contributed by atoms with E-state index in [-0.39, 0.29) is 11.8 Å². The van der Waals surface area contributed by atoms with Crippen molar-refractivity contribution in [3.8, 4) is 0 Å². The number of carbonyl (C=O) groups excluding carboxylic acids is 1. The summed E-state index contributed by atoms with van der Waals surface area (Å²) in [6.07, 6.45) is 2.04. The van der Waals surface area contributed by atoms with E-state index in [0.717, 1.165) is 27.3 Å². The Morgan fingerprint density at radius 1 is 1.03 bits per heavy atom. The summed E-state index contributed by atoms with van der Waals surface area (Å²) in [7, 11) is -1.70. The van der Waals surface area contributed by atoms with Gasteiger partial charge in [-0.15, -0.1) is 0 Å². The van der Waals surface area contributed by atoms with Crippen LogP contribution < -0.4 is 5.32 Å². The summed E-state index contributed by atoms with van der Waals surface area (Å²) < 4.78 is 11.4. The Kier molecular flexibility index (Phi) is 3.23. The molecule has 5 aromatic rings. The molecular formula is C22H16BNO5. The van der Waals surface area contributed by atoms with Gasteiger partial charge in [0, 0.05) is 27.6 Å². The molecule has 2 aromatic carbocycles. The second kappa shape index (κ2) is 5.62. The number of benzene rings is 3. The molecule has 1 unspecified atom stereocenters. The van der Waals surface area contributed by atoms with Crippen LogP contribution in [0.25, 0.3) is 32.9 Å². The van der Waals surface area contributed by atoms with E-state index in [1.165, 1.54) is 0 Å². The number of nitrogens with one attached hydrogen (secondary N) is 1. The first-order chi connectivity index (χ1) is 14.1. The lowest BCUT2D eigenvalue weighted by Crippen LogP contribution is -2.50. The highest BCUT2D eigenvalue weighted by Gasteiger charge is 2.64. The fourth-order valence-electron chi connectivity index (χ4n) is 4.49. The minimum Gasteiger partial charge on any atom is -0.464 e. The summed E-state index contributed by atoms with van der Waals surface area (Å²) in [6, 6.07) is 17.0. The van der Waals surface area contributed by atoms with Crippen molar-refractivity contribution < 1.29 is 23.7 Å². The van der Waals surface area contributed by atoms with Gasteiger partial charge in [0.05, 0.1) is 17.3 Å². The van der Waals surface area contributed by atoms with Crippen LogP contribution in [0.15, 0.2) is 69.7 Å². The molecular weight excluding hydrogens is 369 g/mol. The van der Waals surface area contributed by atoms with Crippen molar-refractivity contribution in [3.05, 3.63) is 72.0 Å². The summed E-state index contributed by atoms with van der Waals surface area (Å²) in [5.74, 6) is -0.631. The molecule has 2 bridgehead atoms. The van der Waals surface area contributed by atoms with Gasteiger partial charge in [-0.3, -0.25) is 4.79 Å². The van der Waals surface area contributed by atoms with E-state index in [9.17, 15) is 14.8 Å². The lowest BCUT2D eigenvalue weighted by molar-refractivity contribution is 0.0938. The second-order valence-corrected chi connectivity index (χ2v) is 7.71. The van der Waals surface area contributed by atoms with Crippen LogP contribution in [0.5, 0.6) is 0 Å². The van der Waals surface area contributed by atoms with Crippen LogP contribution in [0.4, 0.5) is 0 Å². The van der Waals surface area contributed by atoms with Crippen LogP contribution in [0.1, 0.15) is 28.3 Å². The van der Waals surface area contributed by atoms with Crippen molar-refractivity contribution in [3.63, 3.8) is 0 Å². The number of para-hydroxylation sites is 1. The summed E-state index contributed by atoms with van der Waals surface area (Å²) >= 11 is 0. The first-order valence-electron chi connectivity index (χ1n) is 9.47. The van der Waals surface area contributed by atoms with Gasteiger partial charge >= 0.3 is 7.12 Å². The van der Waals surface area contributed by atoms with E-state index in [1.807, 2.05) is 48.5 Å². The molecule has 3 N–H and O–H groups in total. The van der Waals surface area contributed by atoms with Gasteiger partial charge in [-0.25, -0.2) is 0 Å². The SMILES string of the molecule is O=C(NC1(B(O)O)C[C@H]1c1coc2ccccc12)c1cc2oc1c1ccccc21. The molecule has 6 rings (SSSR count). The number of carbonyl (C=O) groups is 1. The minimum absolute atomic E-state index is 0.250. The fraction of sp³-hybridized carbons (Fsp3) is 0.136. The van der Waals surface area contributed by atoms with Gasteiger partial charge in [0.25, 0.3) is 5.91 Å². The van der Waals surface area contributed by atoms with Crippen LogP contribution in [0, 0.1) is 0 Å². The van der Waals surface area contributed by atoms with Gasteiger partial charge in [0.2, 0.25) is 0 Å². The topological polar surface area (TPSA) is 95.8 Å². The summed E-state index contributed by atoms with van der Waals surface area (Å²) in [4.78, 5) is 13.0. The summed E-state index contributed by atoms with van der Waals surface area (Å²) in [5.41, 5.74) is 2.00. The van der Waals surface area contributed by atoms with Gasteiger partial charge in [-0.05, 0) is 18.6 Å². The smallest absolute Gasteiger partial charge is 0.464 e. The molecule has 1 saturated carbocycles. The molecule has 1 aliphatic carbocycles. The maximum atomic E-state index is 13.0. The van der Waals surface area contributed by atoms with Crippen molar-refractivity contribution >= 4 is 45.9 Å². The zero-order chi connectivity index (χ0) is 19.8. The number of hydrogen-bond donors (Lipinski definition) is 3. The molecule has 3 heterocycles. The van der Waals surface area contributed by atoms with E-state index in [4.69, 9.17) is 8.83 Å². The van der Waals surface area contributed by atoms with Gasteiger partial charge in [-0.1, -0.05) is 42.5 Å². The molecule has 6 nitrogen and oxygen atoms in total. The highest BCUT2D eigenvalue weighted by Crippen LogP contribution is 2.54. The van der Waals surface area contributed by atoms with Crippen molar-refractivity contribution in [2.24, 2.45) is 0 Å². The van der Waals surface area contributed by atoms with E-state index in [0.29, 0.717) is 23.2 Å². The Morgan fingerprint density at radius 2 is 1.76 bits per heavy atom. The van der Waals surface area contributed by atoms with Gasteiger partial charge in [0.15, 0.2) is 0 Å². The van der Waals surface area contributed by atoms with E-state index in [1.54, 1.807) is 12.3 Å². The third-order valence-electron chi connectivity index (χ3n) is 6.11. The number of amides is 1. The molecule has 1 aliphatic rings. The molecule has 1 amide bonds. The minimum atomic E-state index is -1.70. The molecule has 0 spiro atoms. The van der Waals surface area contributed by atoms with Gasteiger partial charge in [-0.2, -0.15) is 0 Å². The predicted octanol–water partition coefficient (Wildman–Crippen LogP) is 3.44. The largest absolute Gasteiger partial charge is 0.479 e. The van der Waals surface area contributed by atoms with E-state index >= 15 is 0 Å². The predicted molar refractivity (Wildman–Crippen MR) is 109 cm³/mol. The van der Waals surface area contributed by atoms with Gasteiger partial charge < -0.3 is 24.2 Å². The third kappa shape index (κ3) is 2.22. The maximum absolute atomic E-state index is 13.0. The fourth-order valence-corrected chi connectivity index (χ4v) is 4.49. The second-order valence-electron chi connectivity index (χ2n) is 7.71. The Labute approximate surface area is 165 Å². The number of rotatable bonds is 4.